The zero-order chi connectivity index (χ0) is 26.8. The number of amides is 1. The van der Waals surface area contributed by atoms with Crippen LogP contribution in [0.3, 0.4) is 0 Å². The minimum absolute atomic E-state index is 0.139. The molecule has 1 saturated carbocycles. The van der Waals surface area contributed by atoms with Crippen LogP contribution in [0.25, 0.3) is 22.2 Å². The number of nitrogen functional groups attached to an aromatic ring is 1. The van der Waals surface area contributed by atoms with Gasteiger partial charge in [-0.2, -0.15) is 0 Å². The molecule has 0 atom stereocenters. The Morgan fingerprint density at radius 2 is 1.74 bits per heavy atom. The number of ether oxygens (including phenoxy) is 4. The van der Waals surface area contributed by atoms with Crippen molar-refractivity contribution in [2.75, 3.05) is 30.9 Å². The first-order valence-corrected chi connectivity index (χ1v) is 13.7. The third-order valence-electron chi connectivity index (χ3n) is 7.49. The predicted octanol–water partition coefficient (Wildman–Crippen LogP) is 6.60. The molecular weight excluding hydrogens is 482 g/mol. The van der Waals surface area contributed by atoms with Gasteiger partial charge in [0.05, 0.1) is 30.1 Å². The van der Waals surface area contributed by atoms with Gasteiger partial charge >= 0.3 is 6.09 Å². The van der Waals surface area contributed by atoms with Crippen LogP contribution in [0.4, 0.5) is 16.2 Å². The lowest BCUT2D eigenvalue weighted by Crippen LogP contribution is -2.30. The van der Waals surface area contributed by atoms with E-state index < -0.39 is 6.09 Å². The summed E-state index contributed by atoms with van der Waals surface area (Å²) in [4.78, 5) is 12.5. The quantitative estimate of drug-likeness (QED) is 0.329. The number of hydrogen-bond acceptors (Lipinski definition) is 6. The fourth-order valence-electron chi connectivity index (χ4n) is 5.42. The van der Waals surface area contributed by atoms with Crippen molar-refractivity contribution in [2.45, 2.75) is 65.4 Å². The lowest BCUT2D eigenvalue weighted by Gasteiger charge is -2.30. The van der Waals surface area contributed by atoms with Gasteiger partial charge in [-0.25, -0.2) is 4.79 Å². The average molecular weight is 522 g/mol. The Kier molecular flexibility index (Phi) is 7.81. The number of hydrogen-bond donors (Lipinski definition) is 2. The molecule has 1 aliphatic heterocycles. The van der Waals surface area contributed by atoms with Crippen LogP contribution < -0.4 is 15.8 Å². The van der Waals surface area contributed by atoms with Crippen molar-refractivity contribution in [3.63, 3.8) is 0 Å². The molecule has 1 aliphatic carbocycles. The third kappa shape index (κ3) is 5.47. The highest BCUT2D eigenvalue weighted by Crippen LogP contribution is 2.45. The number of carbonyl (C=O) groups excluding carboxylic acids is 1. The van der Waals surface area contributed by atoms with E-state index in [9.17, 15) is 4.79 Å². The van der Waals surface area contributed by atoms with Crippen LogP contribution in [0.1, 0.15) is 53.0 Å². The fourth-order valence-corrected chi connectivity index (χ4v) is 5.42. The van der Waals surface area contributed by atoms with Crippen molar-refractivity contribution < 1.29 is 23.7 Å². The summed E-state index contributed by atoms with van der Waals surface area (Å²) in [6, 6.07) is 14.2. The Balaban J connectivity index is 1.38. The van der Waals surface area contributed by atoms with E-state index in [0.717, 1.165) is 46.4 Å². The highest BCUT2D eigenvalue weighted by molar-refractivity contribution is 6.01. The Morgan fingerprint density at radius 1 is 1.05 bits per heavy atom. The maximum absolute atomic E-state index is 12.5. The van der Waals surface area contributed by atoms with Gasteiger partial charge in [-0.15, -0.1) is 0 Å². The molecule has 2 heterocycles. The molecule has 1 aromatic heterocycles. The van der Waals surface area contributed by atoms with Crippen molar-refractivity contribution in [1.29, 1.82) is 0 Å². The van der Waals surface area contributed by atoms with Gasteiger partial charge in [0.2, 0.25) is 0 Å². The van der Waals surface area contributed by atoms with Crippen LogP contribution in [-0.2, 0) is 14.2 Å². The summed E-state index contributed by atoms with van der Waals surface area (Å²) in [5.74, 6) is 1.25. The number of nitrogens with one attached hydrogen (secondary N) is 1. The van der Waals surface area contributed by atoms with Gasteiger partial charge in [0.25, 0.3) is 0 Å². The molecule has 0 bridgehead atoms. The average Bonchev–Trinajstić information content (AvgIpc) is 3.47. The number of rotatable bonds is 9. The van der Waals surface area contributed by atoms with Gasteiger partial charge in [-0.3, -0.25) is 5.32 Å². The smallest absolute Gasteiger partial charge is 0.411 e. The van der Waals surface area contributed by atoms with E-state index in [1.54, 1.807) is 0 Å². The summed E-state index contributed by atoms with van der Waals surface area (Å²) in [6.07, 6.45) is 2.53. The number of nitrogens with two attached hydrogens (primary N) is 1. The van der Waals surface area contributed by atoms with Gasteiger partial charge in [0, 0.05) is 28.7 Å². The Morgan fingerprint density at radius 3 is 2.34 bits per heavy atom. The molecule has 1 saturated heterocycles. The highest BCUT2D eigenvalue weighted by atomic mass is 16.7. The second-order valence-electron chi connectivity index (χ2n) is 10.9. The van der Waals surface area contributed by atoms with Gasteiger partial charge in [0.1, 0.15) is 18.5 Å². The van der Waals surface area contributed by atoms with E-state index in [1.807, 2.05) is 36.4 Å². The van der Waals surface area contributed by atoms with Crippen LogP contribution in [0.2, 0.25) is 0 Å². The normalized spacial score (nSPS) is 16.5. The number of aromatic nitrogens is 1. The predicted molar refractivity (Wildman–Crippen MR) is 149 cm³/mol. The summed E-state index contributed by atoms with van der Waals surface area (Å²) in [5.41, 5.74) is 11.2. The number of carbonyl (C=O) groups is 1. The van der Waals surface area contributed by atoms with Crippen LogP contribution >= 0.6 is 0 Å². The van der Waals surface area contributed by atoms with Crippen molar-refractivity contribution >= 4 is 28.4 Å². The molecule has 3 N–H and O–H groups in total. The molecule has 204 valence electrons. The number of benzene rings is 2. The molecule has 8 nitrogen and oxygen atoms in total. The molecule has 2 aromatic carbocycles. The molecular formula is C30H39N3O5. The van der Waals surface area contributed by atoms with Crippen molar-refractivity contribution in [1.82, 2.24) is 4.57 Å². The number of anilines is 2. The summed E-state index contributed by atoms with van der Waals surface area (Å²) in [5, 5.41) is 3.88. The lowest BCUT2D eigenvalue weighted by molar-refractivity contribution is -0.0683. The van der Waals surface area contributed by atoms with Crippen LogP contribution in [-0.4, -0.2) is 42.9 Å². The zero-order valence-electron chi connectivity index (χ0n) is 22.7. The number of nitrogens with zero attached hydrogens (tertiary/aromatic N) is 1. The molecule has 0 unspecified atom stereocenters. The van der Waals surface area contributed by atoms with E-state index in [2.05, 4.69) is 43.6 Å². The Labute approximate surface area is 224 Å². The highest BCUT2D eigenvalue weighted by Gasteiger charge is 2.27. The van der Waals surface area contributed by atoms with E-state index >= 15 is 0 Å². The second-order valence-corrected chi connectivity index (χ2v) is 10.9. The molecule has 3 aromatic rings. The monoisotopic (exact) mass is 521 g/mol. The van der Waals surface area contributed by atoms with Crippen LogP contribution in [0.5, 0.6) is 5.75 Å². The fraction of sp³-hybridized carbons (Fsp3) is 0.500. The third-order valence-corrected chi connectivity index (χ3v) is 7.49. The summed E-state index contributed by atoms with van der Waals surface area (Å²) in [6.45, 7) is 9.80. The second kappa shape index (κ2) is 11.3. The van der Waals surface area contributed by atoms with E-state index in [-0.39, 0.29) is 24.2 Å². The first kappa shape index (κ1) is 26.4. The topological polar surface area (TPSA) is 97.0 Å². The molecule has 0 spiro atoms. The summed E-state index contributed by atoms with van der Waals surface area (Å²) < 4.78 is 25.0. The zero-order valence-corrected chi connectivity index (χ0v) is 22.7. The molecule has 2 aliphatic rings. The number of fused-ring (bicyclic) bond motifs is 1. The molecule has 8 heteroatoms. The molecule has 1 amide bonds. The van der Waals surface area contributed by atoms with E-state index in [0.29, 0.717) is 31.5 Å². The van der Waals surface area contributed by atoms with E-state index in [1.165, 1.54) is 6.42 Å². The first-order valence-electron chi connectivity index (χ1n) is 13.7. The summed E-state index contributed by atoms with van der Waals surface area (Å²) in [7, 11) is 0. The molecule has 38 heavy (non-hydrogen) atoms. The minimum Gasteiger partial charge on any atom is -0.488 e. The lowest BCUT2D eigenvalue weighted by atomic mass is 9.92. The standard InChI is InChI=1S/C30H39N3O5/c1-18(2)29(19(3)4)38-30(34)32-21-10-8-20(9-11-21)28-27(31)24-13-12-23(37-17-26-35-14-15-36-26)16-25(24)33(28)22-6-5-7-22/h8-13,16,18-19,22,26,29H,5-7,14-15,17,31H2,1-4H3,(H,32,34). The van der Waals surface area contributed by atoms with Crippen LogP contribution in [0.15, 0.2) is 42.5 Å². The molecule has 5 rings (SSSR count). The van der Waals surface area contributed by atoms with Crippen LogP contribution in [0, 0.1) is 11.8 Å². The van der Waals surface area contributed by atoms with E-state index in [4.69, 9.17) is 24.7 Å². The molecule has 0 radical (unpaired) electrons. The maximum atomic E-state index is 12.5. The minimum atomic E-state index is -0.436. The first-order chi connectivity index (χ1) is 18.3. The van der Waals surface area contributed by atoms with Gasteiger partial charge in [-0.05, 0) is 55.4 Å². The van der Waals surface area contributed by atoms with Gasteiger partial charge in [-0.1, -0.05) is 39.8 Å². The maximum Gasteiger partial charge on any atom is 0.411 e. The Bertz CT molecular complexity index is 1250. The van der Waals surface area contributed by atoms with Gasteiger partial charge in [0.15, 0.2) is 6.29 Å². The summed E-state index contributed by atoms with van der Waals surface area (Å²) >= 11 is 0. The van der Waals surface area contributed by atoms with Gasteiger partial charge < -0.3 is 29.2 Å². The van der Waals surface area contributed by atoms with Crippen molar-refractivity contribution in [3.05, 3.63) is 42.5 Å². The van der Waals surface area contributed by atoms with Crippen molar-refractivity contribution in [3.8, 4) is 17.0 Å². The van der Waals surface area contributed by atoms with Crippen molar-refractivity contribution in [2.24, 2.45) is 11.8 Å². The SMILES string of the molecule is CC(C)C(OC(=O)Nc1ccc(-c2c(N)c3ccc(OCC4OCCO4)cc3n2C2CCC2)cc1)C(C)C. The Hall–Kier alpha value is -3.23. The largest absolute Gasteiger partial charge is 0.488 e. The molecule has 2 fully saturated rings.